The summed E-state index contributed by atoms with van der Waals surface area (Å²) in [5.41, 5.74) is 0. The van der Waals surface area contributed by atoms with E-state index >= 15 is 0 Å². The molecule has 1 heterocycles. The highest BCUT2D eigenvalue weighted by atomic mass is 16.5. The smallest absolute Gasteiger partial charge is 0.161 e. The Balaban J connectivity index is 1.98. The molecule has 0 aromatic heterocycles. The molecule has 1 fully saturated rings. The number of ether oxygens (including phenoxy) is 2. The third kappa shape index (κ3) is 2.67. The van der Waals surface area contributed by atoms with E-state index in [1.54, 1.807) is 7.11 Å². The van der Waals surface area contributed by atoms with E-state index in [0.29, 0.717) is 6.10 Å². The zero-order valence-electron chi connectivity index (χ0n) is 9.98. The maximum absolute atomic E-state index is 5.97. The Kier molecular flexibility index (Phi) is 3.67. The molecule has 0 bridgehead atoms. The average Bonchev–Trinajstić information content (AvgIpc) is 2.33. The Bertz CT molecular complexity index is 332. The van der Waals surface area contributed by atoms with Gasteiger partial charge in [0.05, 0.1) is 7.11 Å². The molecule has 1 aromatic rings. The molecule has 0 unspecified atom stereocenters. The predicted octanol–water partition coefficient (Wildman–Crippen LogP) is 2.17. The quantitative estimate of drug-likeness (QED) is 0.780. The molecule has 0 aliphatic carbocycles. The van der Waals surface area contributed by atoms with Crippen LogP contribution in [0.1, 0.15) is 12.8 Å². The standard InChI is InChI=1S/C13H19NO2/c1-14-9-7-11(8-10-14)16-13-6-4-3-5-12(13)15-2/h3-6,11H,7-10H2,1-2H3. The van der Waals surface area contributed by atoms with E-state index in [1.807, 2.05) is 24.3 Å². The average molecular weight is 221 g/mol. The lowest BCUT2D eigenvalue weighted by atomic mass is 10.1. The highest BCUT2D eigenvalue weighted by Crippen LogP contribution is 2.28. The van der Waals surface area contributed by atoms with Crippen LogP contribution in [-0.4, -0.2) is 38.3 Å². The predicted molar refractivity (Wildman–Crippen MR) is 64.1 cm³/mol. The highest BCUT2D eigenvalue weighted by Gasteiger charge is 2.19. The largest absolute Gasteiger partial charge is 0.493 e. The van der Waals surface area contributed by atoms with Gasteiger partial charge >= 0.3 is 0 Å². The van der Waals surface area contributed by atoms with Gasteiger partial charge in [-0.3, -0.25) is 0 Å². The van der Waals surface area contributed by atoms with Crippen LogP contribution in [0.25, 0.3) is 0 Å². The molecule has 1 aliphatic heterocycles. The fraction of sp³-hybridized carbons (Fsp3) is 0.538. The van der Waals surface area contributed by atoms with Crippen molar-refractivity contribution < 1.29 is 9.47 Å². The second-order valence-electron chi connectivity index (χ2n) is 4.27. The summed E-state index contributed by atoms with van der Waals surface area (Å²) >= 11 is 0. The molecule has 1 saturated heterocycles. The molecule has 0 atom stereocenters. The van der Waals surface area contributed by atoms with Crippen LogP contribution in [0.5, 0.6) is 11.5 Å². The molecule has 3 heteroatoms. The van der Waals surface area contributed by atoms with Gasteiger partial charge in [0.25, 0.3) is 0 Å². The lowest BCUT2D eigenvalue weighted by molar-refractivity contribution is 0.111. The number of benzene rings is 1. The Morgan fingerprint density at radius 2 is 1.75 bits per heavy atom. The third-order valence-electron chi connectivity index (χ3n) is 3.03. The van der Waals surface area contributed by atoms with Crippen molar-refractivity contribution in [1.82, 2.24) is 4.90 Å². The van der Waals surface area contributed by atoms with Crippen LogP contribution in [0, 0.1) is 0 Å². The van der Waals surface area contributed by atoms with E-state index < -0.39 is 0 Å². The number of hydrogen-bond acceptors (Lipinski definition) is 3. The minimum atomic E-state index is 0.326. The van der Waals surface area contributed by atoms with Crippen LogP contribution >= 0.6 is 0 Å². The van der Waals surface area contributed by atoms with Crippen molar-refractivity contribution in [3.05, 3.63) is 24.3 Å². The number of rotatable bonds is 3. The molecule has 1 aliphatic rings. The van der Waals surface area contributed by atoms with Crippen molar-refractivity contribution in [3.8, 4) is 11.5 Å². The maximum atomic E-state index is 5.97. The van der Waals surface area contributed by atoms with Crippen molar-refractivity contribution in [1.29, 1.82) is 0 Å². The first-order chi connectivity index (χ1) is 7.79. The number of methoxy groups -OCH3 is 1. The summed E-state index contributed by atoms with van der Waals surface area (Å²) in [5, 5.41) is 0. The Morgan fingerprint density at radius 1 is 1.12 bits per heavy atom. The number of nitrogens with zero attached hydrogens (tertiary/aromatic N) is 1. The number of likely N-dealkylation sites (tertiary alicyclic amines) is 1. The summed E-state index contributed by atoms with van der Waals surface area (Å²) in [4.78, 5) is 2.34. The Morgan fingerprint density at radius 3 is 2.38 bits per heavy atom. The lowest BCUT2D eigenvalue weighted by Gasteiger charge is -2.29. The van der Waals surface area contributed by atoms with E-state index in [4.69, 9.17) is 9.47 Å². The molecule has 0 radical (unpaired) electrons. The maximum Gasteiger partial charge on any atom is 0.161 e. The monoisotopic (exact) mass is 221 g/mol. The van der Waals surface area contributed by atoms with Crippen molar-refractivity contribution in [2.45, 2.75) is 18.9 Å². The minimum Gasteiger partial charge on any atom is -0.493 e. The van der Waals surface area contributed by atoms with Crippen molar-refractivity contribution in [2.24, 2.45) is 0 Å². The number of para-hydroxylation sites is 2. The molecule has 0 N–H and O–H groups in total. The fourth-order valence-electron chi connectivity index (χ4n) is 2.00. The van der Waals surface area contributed by atoms with Gasteiger partial charge in [0.1, 0.15) is 6.10 Å². The van der Waals surface area contributed by atoms with Gasteiger partial charge in [0, 0.05) is 13.1 Å². The van der Waals surface area contributed by atoms with Crippen LogP contribution in [0.4, 0.5) is 0 Å². The van der Waals surface area contributed by atoms with Crippen LogP contribution in [0.15, 0.2) is 24.3 Å². The zero-order chi connectivity index (χ0) is 11.4. The summed E-state index contributed by atoms with van der Waals surface area (Å²) in [5.74, 6) is 1.68. The molecule has 1 aromatic carbocycles. The zero-order valence-corrected chi connectivity index (χ0v) is 9.98. The summed E-state index contributed by atoms with van der Waals surface area (Å²) in [6.45, 7) is 2.22. The van der Waals surface area contributed by atoms with Crippen LogP contribution < -0.4 is 9.47 Å². The number of hydrogen-bond donors (Lipinski definition) is 0. The molecule has 0 saturated carbocycles. The normalized spacial score (nSPS) is 18.4. The van der Waals surface area contributed by atoms with Crippen molar-refractivity contribution >= 4 is 0 Å². The number of piperidine rings is 1. The molecule has 16 heavy (non-hydrogen) atoms. The molecular formula is C13H19NO2. The molecule has 2 rings (SSSR count). The van der Waals surface area contributed by atoms with Gasteiger partial charge in [-0.25, -0.2) is 0 Å². The van der Waals surface area contributed by atoms with E-state index in [9.17, 15) is 0 Å². The van der Waals surface area contributed by atoms with Crippen molar-refractivity contribution in [2.75, 3.05) is 27.2 Å². The third-order valence-corrected chi connectivity index (χ3v) is 3.03. The summed E-state index contributed by atoms with van der Waals surface area (Å²) < 4.78 is 11.2. The van der Waals surface area contributed by atoms with E-state index in [2.05, 4.69) is 11.9 Å². The second kappa shape index (κ2) is 5.21. The van der Waals surface area contributed by atoms with Crippen LogP contribution in [0.3, 0.4) is 0 Å². The van der Waals surface area contributed by atoms with Gasteiger partial charge in [-0.1, -0.05) is 12.1 Å². The van der Waals surface area contributed by atoms with E-state index in [1.165, 1.54) is 0 Å². The van der Waals surface area contributed by atoms with E-state index in [-0.39, 0.29) is 0 Å². The minimum absolute atomic E-state index is 0.326. The highest BCUT2D eigenvalue weighted by molar-refractivity contribution is 5.39. The molecule has 0 spiro atoms. The molecule has 3 nitrogen and oxygen atoms in total. The summed E-state index contributed by atoms with van der Waals surface area (Å²) in [6.07, 6.45) is 2.51. The van der Waals surface area contributed by atoms with Crippen molar-refractivity contribution in [3.63, 3.8) is 0 Å². The molecular weight excluding hydrogens is 202 g/mol. The van der Waals surface area contributed by atoms with Crippen LogP contribution in [-0.2, 0) is 0 Å². The Labute approximate surface area is 97.0 Å². The summed E-state index contributed by atoms with van der Waals surface area (Å²) in [6, 6.07) is 7.84. The summed E-state index contributed by atoms with van der Waals surface area (Å²) in [7, 11) is 3.83. The second-order valence-corrected chi connectivity index (χ2v) is 4.27. The molecule has 88 valence electrons. The van der Waals surface area contributed by atoms with Gasteiger partial charge < -0.3 is 14.4 Å². The first-order valence-corrected chi connectivity index (χ1v) is 5.78. The van der Waals surface area contributed by atoms with Gasteiger partial charge in [0.2, 0.25) is 0 Å². The molecule has 0 amide bonds. The first-order valence-electron chi connectivity index (χ1n) is 5.78. The van der Waals surface area contributed by atoms with Crippen LogP contribution in [0.2, 0.25) is 0 Å². The lowest BCUT2D eigenvalue weighted by Crippen LogP contribution is -2.35. The fourth-order valence-corrected chi connectivity index (χ4v) is 2.00. The topological polar surface area (TPSA) is 21.7 Å². The first kappa shape index (κ1) is 11.3. The van der Waals surface area contributed by atoms with Gasteiger partial charge in [-0.15, -0.1) is 0 Å². The van der Waals surface area contributed by atoms with Gasteiger partial charge in [0.15, 0.2) is 11.5 Å². The van der Waals surface area contributed by atoms with Gasteiger partial charge in [-0.05, 0) is 32.0 Å². The van der Waals surface area contributed by atoms with E-state index in [0.717, 1.165) is 37.4 Å². The van der Waals surface area contributed by atoms with Gasteiger partial charge in [-0.2, -0.15) is 0 Å². The Hall–Kier alpha value is -1.22. The SMILES string of the molecule is COc1ccccc1OC1CCN(C)CC1.